The molecule has 2 aromatic rings. The van der Waals surface area contributed by atoms with Crippen LogP contribution >= 0.6 is 0 Å². The number of hydrogen-bond donors (Lipinski definition) is 1. The van der Waals surface area contributed by atoms with Gasteiger partial charge in [0.2, 0.25) is 10.0 Å². The van der Waals surface area contributed by atoms with Gasteiger partial charge in [-0.1, -0.05) is 18.2 Å². The highest BCUT2D eigenvalue weighted by atomic mass is 32.2. The second kappa shape index (κ2) is 9.13. The maximum absolute atomic E-state index is 14.9. The number of para-hydroxylation sites is 1. The number of nitrogens with one attached hydrogen (secondary N) is 1. The van der Waals surface area contributed by atoms with Crippen LogP contribution in [0.3, 0.4) is 0 Å². The molecule has 7 heteroatoms. The third-order valence-electron chi connectivity index (χ3n) is 5.09. The first-order valence-corrected chi connectivity index (χ1v) is 11.6. The monoisotopic (exact) mass is 421 g/mol. The van der Waals surface area contributed by atoms with Crippen molar-refractivity contribution in [3.8, 4) is 22.6 Å². The van der Waals surface area contributed by atoms with Gasteiger partial charge in [0, 0.05) is 17.2 Å². The van der Waals surface area contributed by atoms with Crippen LogP contribution in [0.1, 0.15) is 40.0 Å². The fraction of sp³-hybridized carbons (Fsp3) is 0.455. The predicted molar refractivity (Wildman–Crippen MR) is 112 cm³/mol. The molecule has 0 amide bonds. The van der Waals surface area contributed by atoms with Crippen LogP contribution in [0.2, 0.25) is 0 Å². The largest absolute Gasteiger partial charge is 0.493 e. The molecule has 0 aromatic heterocycles. The van der Waals surface area contributed by atoms with E-state index in [9.17, 15) is 12.8 Å². The Balaban J connectivity index is 1.77. The van der Waals surface area contributed by atoms with Gasteiger partial charge < -0.3 is 9.47 Å². The Morgan fingerprint density at radius 3 is 2.59 bits per heavy atom. The van der Waals surface area contributed by atoms with E-state index < -0.39 is 21.1 Å². The third-order valence-corrected chi connectivity index (χ3v) is 6.97. The van der Waals surface area contributed by atoms with Crippen LogP contribution < -0.4 is 14.2 Å². The van der Waals surface area contributed by atoms with Crippen molar-refractivity contribution in [1.29, 1.82) is 0 Å². The van der Waals surface area contributed by atoms with Crippen molar-refractivity contribution < 1.29 is 22.3 Å². The van der Waals surface area contributed by atoms with Crippen LogP contribution in [-0.2, 0) is 10.0 Å². The molecule has 158 valence electrons. The number of ether oxygens (including phenoxy) is 2. The first-order chi connectivity index (χ1) is 13.8. The number of halogens is 1. The molecule has 0 bridgehead atoms. The lowest BCUT2D eigenvalue weighted by Crippen LogP contribution is -2.44. The van der Waals surface area contributed by atoms with Crippen LogP contribution in [0.25, 0.3) is 11.1 Å². The summed E-state index contributed by atoms with van der Waals surface area (Å²) in [4.78, 5) is 0. The number of rotatable bonds is 8. The quantitative estimate of drug-likeness (QED) is 0.681. The molecule has 29 heavy (non-hydrogen) atoms. The third kappa shape index (κ3) is 5.08. The van der Waals surface area contributed by atoms with Crippen molar-refractivity contribution in [1.82, 2.24) is 4.72 Å². The zero-order chi connectivity index (χ0) is 21.0. The van der Waals surface area contributed by atoms with Crippen LogP contribution in [0.15, 0.2) is 42.5 Å². The minimum atomic E-state index is -3.39. The standard InChI is InChI=1S/C22H28FNO4S/c1-4-27-21-10-6-5-8-18(21)17-13-12-16(14-19(17)23)28-22-11-7-9-20(22)24-29(25,26)15(2)3/h5-6,8,10,12-15,20,22,24H,4,7,9,11H2,1-3H3/t20-,22?/m0/s1. The highest BCUT2D eigenvalue weighted by Crippen LogP contribution is 2.34. The molecule has 0 spiro atoms. The highest BCUT2D eigenvalue weighted by Gasteiger charge is 2.33. The normalized spacial score (nSPS) is 19.5. The van der Waals surface area contributed by atoms with Gasteiger partial charge in [-0.3, -0.25) is 0 Å². The van der Waals surface area contributed by atoms with E-state index in [1.54, 1.807) is 26.0 Å². The highest BCUT2D eigenvalue weighted by molar-refractivity contribution is 7.90. The second-order valence-electron chi connectivity index (χ2n) is 7.48. The summed E-state index contributed by atoms with van der Waals surface area (Å²) in [6.45, 7) is 5.66. The zero-order valence-corrected chi connectivity index (χ0v) is 17.8. The number of benzene rings is 2. The summed E-state index contributed by atoms with van der Waals surface area (Å²) in [6, 6.07) is 11.8. The predicted octanol–water partition coefficient (Wildman–Crippen LogP) is 4.52. The van der Waals surface area contributed by atoms with Crippen LogP contribution in [0, 0.1) is 5.82 Å². The van der Waals surface area contributed by atoms with E-state index in [0.717, 1.165) is 12.8 Å². The Bertz CT molecular complexity index is 946. The summed E-state index contributed by atoms with van der Waals surface area (Å²) in [6.07, 6.45) is 1.98. The van der Waals surface area contributed by atoms with Gasteiger partial charge in [-0.2, -0.15) is 0 Å². The lowest BCUT2D eigenvalue weighted by molar-refractivity contribution is 0.184. The molecule has 1 saturated carbocycles. The Morgan fingerprint density at radius 2 is 1.90 bits per heavy atom. The van der Waals surface area contributed by atoms with Gasteiger partial charge in [0.1, 0.15) is 23.4 Å². The van der Waals surface area contributed by atoms with E-state index in [-0.39, 0.29) is 12.1 Å². The summed E-state index contributed by atoms with van der Waals surface area (Å²) in [5, 5.41) is -0.508. The van der Waals surface area contributed by atoms with Crippen LogP contribution in [-0.4, -0.2) is 32.4 Å². The molecule has 2 atom stereocenters. The summed E-state index contributed by atoms with van der Waals surface area (Å²) in [5.41, 5.74) is 1.12. The number of hydrogen-bond acceptors (Lipinski definition) is 4. The van der Waals surface area contributed by atoms with E-state index in [4.69, 9.17) is 9.47 Å². The molecule has 0 radical (unpaired) electrons. The summed E-state index contributed by atoms with van der Waals surface area (Å²) >= 11 is 0. The molecule has 3 rings (SSSR count). The minimum Gasteiger partial charge on any atom is -0.493 e. The summed E-state index contributed by atoms with van der Waals surface area (Å²) in [7, 11) is -3.39. The molecule has 2 aromatic carbocycles. The Kier molecular flexibility index (Phi) is 6.80. The van der Waals surface area contributed by atoms with E-state index in [1.165, 1.54) is 6.07 Å². The number of sulfonamides is 1. The molecule has 0 aliphatic heterocycles. The Hall–Kier alpha value is -2.12. The Labute approximate surface area is 172 Å². The van der Waals surface area contributed by atoms with E-state index in [0.29, 0.717) is 35.7 Å². The molecular weight excluding hydrogens is 393 g/mol. The van der Waals surface area contributed by atoms with Crippen molar-refractivity contribution in [2.45, 2.75) is 57.4 Å². The van der Waals surface area contributed by atoms with Crippen molar-refractivity contribution in [2.75, 3.05) is 6.61 Å². The molecule has 1 unspecified atom stereocenters. The average Bonchev–Trinajstić information content (AvgIpc) is 3.09. The van der Waals surface area contributed by atoms with Crippen LogP contribution in [0.5, 0.6) is 11.5 Å². The molecule has 1 aliphatic rings. The summed E-state index contributed by atoms with van der Waals surface area (Å²) in [5.74, 6) is 0.606. The molecule has 5 nitrogen and oxygen atoms in total. The second-order valence-corrected chi connectivity index (χ2v) is 9.74. The molecule has 0 saturated heterocycles. The molecule has 1 N–H and O–H groups in total. The molecular formula is C22H28FNO4S. The SMILES string of the molecule is CCOc1ccccc1-c1ccc(OC2CCC[C@@H]2NS(=O)(=O)C(C)C)cc1F. The topological polar surface area (TPSA) is 64.6 Å². The lowest BCUT2D eigenvalue weighted by Gasteiger charge is -2.23. The lowest BCUT2D eigenvalue weighted by atomic mass is 10.0. The molecule has 1 aliphatic carbocycles. The molecule has 1 fully saturated rings. The van der Waals surface area contributed by atoms with Crippen molar-refractivity contribution in [3.63, 3.8) is 0 Å². The zero-order valence-electron chi connectivity index (χ0n) is 17.0. The summed E-state index contributed by atoms with van der Waals surface area (Å²) < 4.78 is 53.5. The van der Waals surface area contributed by atoms with Gasteiger partial charge in [0.05, 0.1) is 17.9 Å². The van der Waals surface area contributed by atoms with Crippen molar-refractivity contribution >= 4 is 10.0 Å². The van der Waals surface area contributed by atoms with E-state index in [1.807, 2.05) is 31.2 Å². The Morgan fingerprint density at radius 1 is 1.14 bits per heavy atom. The van der Waals surface area contributed by atoms with Gasteiger partial charge in [-0.05, 0) is 58.2 Å². The average molecular weight is 422 g/mol. The van der Waals surface area contributed by atoms with Gasteiger partial charge in [-0.25, -0.2) is 17.5 Å². The van der Waals surface area contributed by atoms with Crippen molar-refractivity contribution in [3.05, 3.63) is 48.3 Å². The fourth-order valence-electron chi connectivity index (χ4n) is 3.48. The fourth-order valence-corrected chi connectivity index (χ4v) is 4.45. The van der Waals surface area contributed by atoms with Crippen molar-refractivity contribution in [2.24, 2.45) is 0 Å². The maximum Gasteiger partial charge on any atom is 0.214 e. The van der Waals surface area contributed by atoms with Gasteiger partial charge in [0.15, 0.2) is 0 Å². The molecule has 0 heterocycles. The van der Waals surface area contributed by atoms with Gasteiger partial charge >= 0.3 is 0 Å². The first kappa shape index (κ1) is 21.6. The smallest absolute Gasteiger partial charge is 0.214 e. The van der Waals surface area contributed by atoms with E-state index in [2.05, 4.69) is 4.72 Å². The van der Waals surface area contributed by atoms with Crippen LogP contribution in [0.4, 0.5) is 4.39 Å². The van der Waals surface area contributed by atoms with Gasteiger partial charge in [-0.15, -0.1) is 0 Å². The van der Waals surface area contributed by atoms with Gasteiger partial charge in [0.25, 0.3) is 0 Å². The van der Waals surface area contributed by atoms with E-state index >= 15 is 0 Å². The minimum absolute atomic E-state index is 0.302. The first-order valence-electron chi connectivity index (χ1n) is 10.0. The maximum atomic E-state index is 14.9.